The van der Waals surface area contributed by atoms with E-state index >= 15 is 0 Å². The third-order valence-corrected chi connectivity index (χ3v) is 2.91. The number of hydrogen-bond donors (Lipinski definition) is 0. The second kappa shape index (κ2) is 2.54. The number of allylic oxidation sites excluding steroid dienone is 1. The Labute approximate surface area is 48.0 Å². The van der Waals surface area contributed by atoms with Crippen LogP contribution in [0, 0.1) is 0 Å². The number of rotatable bonds is 0. The maximum absolute atomic E-state index is 3.27. The van der Waals surface area contributed by atoms with Crippen molar-refractivity contribution in [3.8, 4) is 0 Å². The van der Waals surface area contributed by atoms with Gasteiger partial charge < -0.3 is 0 Å². The molecular formula is C5H7I. The molecule has 0 N–H and O–H groups in total. The lowest BCUT2D eigenvalue weighted by atomic mass is 10.3. The molecule has 0 amide bonds. The molecule has 0 spiro atoms. The SMILES string of the molecule is C1=CCCCI=1. The summed E-state index contributed by atoms with van der Waals surface area (Å²) in [5.74, 6) is 0. The van der Waals surface area contributed by atoms with Crippen molar-refractivity contribution in [3.63, 3.8) is 0 Å². The predicted molar refractivity (Wildman–Crippen MR) is 37.7 cm³/mol. The first kappa shape index (κ1) is 4.54. The highest BCUT2D eigenvalue weighted by Gasteiger charge is 1.82. The van der Waals surface area contributed by atoms with E-state index in [4.69, 9.17) is 0 Å². The van der Waals surface area contributed by atoms with Gasteiger partial charge in [-0.15, -0.1) is 0 Å². The van der Waals surface area contributed by atoms with Crippen molar-refractivity contribution in [1.29, 1.82) is 0 Å². The van der Waals surface area contributed by atoms with Gasteiger partial charge in [0, 0.05) is 4.43 Å². The van der Waals surface area contributed by atoms with Gasteiger partial charge in [-0.2, -0.15) is 0 Å². The Bertz CT molecular complexity index is 80.1. The van der Waals surface area contributed by atoms with Crippen LogP contribution >= 0.6 is 20.7 Å². The summed E-state index contributed by atoms with van der Waals surface area (Å²) in [4.78, 5) is 0. The molecule has 1 aliphatic heterocycles. The van der Waals surface area contributed by atoms with Gasteiger partial charge in [0.2, 0.25) is 0 Å². The summed E-state index contributed by atoms with van der Waals surface area (Å²) in [6, 6.07) is 0. The first-order valence-electron chi connectivity index (χ1n) is 2.15. The number of hydrogen-bond acceptors (Lipinski definition) is 0. The van der Waals surface area contributed by atoms with Crippen molar-refractivity contribution in [2.45, 2.75) is 12.8 Å². The van der Waals surface area contributed by atoms with Crippen LogP contribution in [0.2, 0.25) is 0 Å². The lowest BCUT2D eigenvalue weighted by molar-refractivity contribution is 0.992. The van der Waals surface area contributed by atoms with Crippen molar-refractivity contribution in [2.24, 2.45) is 0 Å². The maximum Gasteiger partial charge on any atom is 0.00206 e. The Morgan fingerprint density at radius 2 is 2.67 bits per heavy atom. The van der Waals surface area contributed by atoms with E-state index in [9.17, 15) is 0 Å². The molecule has 1 heteroatoms. The van der Waals surface area contributed by atoms with Crippen LogP contribution in [-0.2, 0) is 0 Å². The number of alkyl halides is 1. The summed E-state index contributed by atoms with van der Waals surface area (Å²) in [7, 11) is 0. The number of halogens is 1. The minimum Gasteiger partial charge on any atom is -0.0913 e. The first-order chi connectivity index (χ1) is 3.00. The quantitative estimate of drug-likeness (QED) is 0.406. The highest BCUT2D eigenvalue weighted by Crippen LogP contribution is 2.04. The fraction of sp³-hybridized carbons (Fsp3) is 0.600. The molecule has 0 atom stereocenters. The molecule has 0 radical (unpaired) electrons. The summed E-state index contributed by atoms with van der Waals surface area (Å²) in [6.07, 6.45) is 4.91. The first-order valence-corrected chi connectivity index (χ1v) is 4.76. The van der Waals surface area contributed by atoms with Gasteiger partial charge in [-0.25, -0.2) is 0 Å². The summed E-state index contributed by atoms with van der Waals surface area (Å²) in [5, 5.41) is 0. The summed E-state index contributed by atoms with van der Waals surface area (Å²) in [6.45, 7) is 0. The van der Waals surface area contributed by atoms with Gasteiger partial charge in [-0.3, -0.25) is 0 Å². The Balaban J connectivity index is 2.53. The molecule has 0 fully saturated rings. The van der Waals surface area contributed by atoms with Crippen LogP contribution in [0.15, 0.2) is 6.08 Å². The third-order valence-electron chi connectivity index (χ3n) is 0.731. The average Bonchev–Trinajstić information content (AvgIpc) is 1.72. The zero-order valence-corrected chi connectivity index (χ0v) is 5.73. The molecule has 0 aromatic rings. The second-order valence-electron chi connectivity index (χ2n) is 1.28. The van der Waals surface area contributed by atoms with Crippen LogP contribution in [0.25, 0.3) is 0 Å². The minimum absolute atomic E-state index is 0.409. The van der Waals surface area contributed by atoms with E-state index < -0.39 is 0 Å². The molecule has 0 aromatic carbocycles. The third kappa shape index (κ3) is 1.23. The second-order valence-corrected chi connectivity index (χ2v) is 3.74. The molecule has 1 heterocycles. The van der Waals surface area contributed by atoms with Crippen LogP contribution in [0.3, 0.4) is 0 Å². The van der Waals surface area contributed by atoms with Crippen molar-refractivity contribution in [3.05, 3.63) is 6.08 Å². The van der Waals surface area contributed by atoms with Gasteiger partial charge in [-0.1, -0.05) is 24.4 Å². The van der Waals surface area contributed by atoms with Crippen LogP contribution in [-0.4, -0.2) is 8.09 Å². The monoisotopic (exact) mass is 194 g/mol. The van der Waals surface area contributed by atoms with Crippen molar-refractivity contribution >= 4 is 24.4 Å². The topological polar surface area (TPSA) is 0 Å². The van der Waals surface area contributed by atoms with E-state index in [1.165, 1.54) is 17.3 Å². The zero-order chi connectivity index (χ0) is 4.24. The van der Waals surface area contributed by atoms with Gasteiger partial charge in [0.15, 0.2) is 0 Å². The maximum atomic E-state index is 3.27. The van der Waals surface area contributed by atoms with E-state index in [-0.39, 0.29) is 0 Å². The van der Waals surface area contributed by atoms with Crippen molar-refractivity contribution in [2.75, 3.05) is 4.43 Å². The largest absolute Gasteiger partial charge is 0.0913 e. The molecule has 0 aromatic heterocycles. The van der Waals surface area contributed by atoms with E-state index in [0.717, 1.165) is 0 Å². The minimum atomic E-state index is 0.409. The van der Waals surface area contributed by atoms with Gasteiger partial charge >= 0.3 is 0 Å². The zero-order valence-electron chi connectivity index (χ0n) is 3.58. The van der Waals surface area contributed by atoms with Crippen molar-refractivity contribution < 1.29 is 0 Å². The summed E-state index contributed by atoms with van der Waals surface area (Å²) in [5.41, 5.74) is 0. The average molecular weight is 194 g/mol. The fourth-order valence-corrected chi connectivity index (χ4v) is 2.17. The van der Waals surface area contributed by atoms with Crippen molar-refractivity contribution in [1.82, 2.24) is 0 Å². The highest BCUT2D eigenvalue weighted by atomic mass is 127. The molecule has 1 rings (SSSR count). The van der Waals surface area contributed by atoms with Gasteiger partial charge in [0.1, 0.15) is 0 Å². The molecule has 0 nitrogen and oxygen atoms in total. The summed E-state index contributed by atoms with van der Waals surface area (Å²) < 4.78 is 4.74. The molecule has 0 unspecified atom stereocenters. The lowest BCUT2D eigenvalue weighted by Gasteiger charge is -1.88. The molecular weight excluding hydrogens is 187 g/mol. The standard InChI is InChI=1S/C5H7I/c1-2-4-6-5-3-1/h2H,1,3,5H2. The Hall–Kier alpha value is 0.380. The normalized spacial score (nSPS) is 20.0. The fourth-order valence-electron chi connectivity index (χ4n) is 0.410. The van der Waals surface area contributed by atoms with Crippen LogP contribution in [0.1, 0.15) is 12.8 Å². The Morgan fingerprint density at radius 1 is 1.67 bits per heavy atom. The molecule has 0 saturated carbocycles. The molecule has 1 aliphatic rings. The Kier molecular flexibility index (Phi) is 1.92. The van der Waals surface area contributed by atoms with Crippen LogP contribution < -0.4 is 0 Å². The van der Waals surface area contributed by atoms with E-state index in [1.807, 2.05) is 0 Å². The van der Waals surface area contributed by atoms with E-state index in [2.05, 4.69) is 9.74 Å². The smallest absolute Gasteiger partial charge is 0.00206 e. The highest BCUT2D eigenvalue weighted by molar-refractivity contribution is 14.2. The molecule has 34 valence electrons. The molecule has 0 saturated heterocycles. The Morgan fingerprint density at radius 3 is 2.83 bits per heavy atom. The van der Waals surface area contributed by atoms with Crippen LogP contribution in [0.4, 0.5) is 0 Å². The predicted octanol–water partition coefficient (Wildman–Crippen LogP) is 1.71. The molecule has 0 bridgehead atoms. The van der Waals surface area contributed by atoms with Gasteiger partial charge in [0.25, 0.3) is 0 Å². The van der Waals surface area contributed by atoms with E-state index in [0.29, 0.717) is 20.7 Å². The summed E-state index contributed by atoms with van der Waals surface area (Å²) >= 11 is 0.409. The van der Waals surface area contributed by atoms with Crippen LogP contribution in [0.5, 0.6) is 0 Å². The van der Waals surface area contributed by atoms with E-state index in [1.54, 1.807) is 0 Å². The molecule has 0 aliphatic carbocycles. The van der Waals surface area contributed by atoms with Gasteiger partial charge in [0.05, 0.1) is 0 Å². The lowest BCUT2D eigenvalue weighted by Crippen LogP contribution is -1.75. The molecule has 6 heavy (non-hydrogen) atoms. The van der Waals surface area contributed by atoms with Gasteiger partial charge in [-0.05, 0) is 18.9 Å².